The molecule has 0 aliphatic rings. The number of hydrogen-bond donors (Lipinski definition) is 2. The number of thiophene rings is 1. The Hall–Kier alpha value is -3.03. The van der Waals surface area contributed by atoms with Gasteiger partial charge < -0.3 is 16.0 Å². The maximum Gasteiger partial charge on any atom is 0.255 e. The monoisotopic (exact) mass is 394 g/mol. The molecule has 0 spiro atoms. The van der Waals surface area contributed by atoms with Gasteiger partial charge >= 0.3 is 0 Å². The number of pyridine rings is 1. The van der Waals surface area contributed by atoms with E-state index < -0.39 is 0 Å². The molecular weight excluding hydrogens is 372 g/mol. The number of nitrogens with one attached hydrogen (secondary N) is 1. The lowest BCUT2D eigenvalue weighted by molar-refractivity contribution is -0.129. The van der Waals surface area contributed by atoms with E-state index in [-0.39, 0.29) is 17.9 Å². The van der Waals surface area contributed by atoms with Crippen LogP contribution >= 0.6 is 11.3 Å². The Kier molecular flexibility index (Phi) is 6.52. The highest BCUT2D eigenvalue weighted by Gasteiger charge is 2.16. The van der Waals surface area contributed by atoms with Gasteiger partial charge in [0.25, 0.3) is 5.91 Å². The molecule has 2 aromatic heterocycles. The van der Waals surface area contributed by atoms with Crippen molar-refractivity contribution >= 4 is 28.8 Å². The van der Waals surface area contributed by atoms with E-state index in [9.17, 15) is 9.59 Å². The highest BCUT2D eigenvalue weighted by atomic mass is 32.1. The first-order valence-corrected chi connectivity index (χ1v) is 9.74. The van der Waals surface area contributed by atoms with Crippen LogP contribution in [0.1, 0.15) is 26.8 Å². The fourth-order valence-corrected chi connectivity index (χ4v) is 3.42. The van der Waals surface area contributed by atoms with Gasteiger partial charge in [0.1, 0.15) is 0 Å². The van der Waals surface area contributed by atoms with Gasteiger partial charge in [0, 0.05) is 48.2 Å². The zero-order valence-corrected chi connectivity index (χ0v) is 16.4. The van der Waals surface area contributed by atoms with Crippen molar-refractivity contribution in [2.24, 2.45) is 5.73 Å². The number of carbonyl (C=O) groups is 2. The van der Waals surface area contributed by atoms with Crippen molar-refractivity contribution in [1.29, 1.82) is 0 Å². The standard InChI is InChI=1S/C21H22N4O2S/c1-25(20(26)13-18-3-2-12-28-18)14-19(22)15-4-6-16(7-5-15)21(27)24-17-8-10-23-11-9-17/h2-12,19H,13-14,22H2,1H3,(H,23,24,27). The summed E-state index contributed by atoms with van der Waals surface area (Å²) in [6.07, 6.45) is 3.62. The van der Waals surface area contributed by atoms with Crippen LogP contribution in [0.3, 0.4) is 0 Å². The molecule has 2 heterocycles. The van der Waals surface area contributed by atoms with E-state index in [4.69, 9.17) is 5.73 Å². The average Bonchev–Trinajstić information content (AvgIpc) is 3.21. The Morgan fingerprint density at radius 3 is 2.50 bits per heavy atom. The van der Waals surface area contributed by atoms with Gasteiger partial charge in [0.2, 0.25) is 5.91 Å². The van der Waals surface area contributed by atoms with Gasteiger partial charge in [-0.1, -0.05) is 18.2 Å². The van der Waals surface area contributed by atoms with Crippen molar-refractivity contribution in [2.45, 2.75) is 12.5 Å². The molecule has 1 unspecified atom stereocenters. The Morgan fingerprint density at radius 1 is 1.14 bits per heavy atom. The summed E-state index contributed by atoms with van der Waals surface area (Å²) in [4.78, 5) is 31.2. The number of hydrogen-bond acceptors (Lipinski definition) is 5. The molecular formula is C21H22N4O2S. The van der Waals surface area contributed by atoms with E-state index in [1.54, 1.807) is 59.9 Å². The molecule has 3 N–H and O–H groups in total. The number of amides is 2. The summed E-state index contributed by atoms with van der Waals surface area (Å²) in [5.41, 5.74) is 8.35. The third-order valence-corrected chi connectivity index (χ3v) is 5.22. The largest absolute Gasteiger partial charge is 0.344 e. The van der Waals surface area contributed by atoms with E-state index in [0.717, 1.165) is 10.4 Å². The summed E-state index contributed by atoms with van der Waals surface area (Å²) < 4.78 is 0. The summed E-state index contributed by atoms with van der Waals surface area (Å²) in [7, 11) is 1.76. The molecule has 0 saturated carbocycles. The van der Waals surface area contributed by atoms with Gasteiger partial charge in [-0.05, 0) is 41.3 Å². The second-order valence-electron chi connectivity index (χ2n) is 6.45. The van der Waals surface area contributed by atoms with E-state index in [0.29, 0.717) is 24.2 Å². The Labute approximate surface area is 168 Å². The van der Waals surface area contributed by atoms with Gasteiger partial charge in [-0.2, -0.15) is 0 Å². The molecule has 144 valence electrons. The molecule has 2 amide bonds. The quantitative estimate of drug-likeness (QED) is 0.644. The molecule has 0 radical (unpaired) electrons. The third-order valence-electron chi connectivity index (χ3n) is 4.34. The van der Waals surface area contributed by atoms with Crippen LogP contribution in [0.15, 0.2) is 66.3 Å². The maximum absolute atomic E-state index is 12.3. The number of aromatic nitrogens is 1. The normalized spacial score (nSPS) is 11.6. The SMILES string of the molecule is CN(CC(N)c1ccc(C(=O)Nc2ccncc2)cc1)C(=O)Cc1cccs1. The lowest BCUT2D eigenvalue weighted by atomic mass is 10.0. The van der Waals surface area contributed by atoms with Crippen LogP contribution in [0.4, 0.5) is 5.69 Å². The van der Waals surface area contributed by atoms with Crippen molar-refractivity contribution in [2.75, 3.05) is 18.9 Å². The van der Waals surface area contributed by atoms with E-state index in [1.807, 2.05) is 29.6 Å². The van der Waals surface area contributed by atoms with Gasteiger partial charge in [-0.3, -0.25) is 14.6 Å². The molecule has 1 atom stereocenters. The average molecular weight is 395 g/mol. The van der Waals surface area contributed by atoms with Crippen LogP contribution in [0.25, 0.3) is 0 Å². The molecule has 0 saturated heterocycles. The van der Waals surface area contributed by atoms with Gasteiger partial charge in [0.05, 0.1) is 6.42 Å². The number of anilines is 1. The minimum atomic E-state index is -0.324. The number of rotatable bonds is 7. The number of nitrogens with zero attached hydrogens (tertiary/aromatic N) is 2. The van der Waals surface area contributed by atoms with E-state index in [1.165, 1.54) is 0 Å². The van der Waals surface area contributed by atoms with Crippen LogP contribution in [-0.4, -0.2) is 35.3 Å². The summed E-state index contributed by atoms with van der Waals surface area (Å²) >= 11 is 1.57. The lowest BCUT2D eigenvalue weighted by Crippen LogP contribution is -2.34. The fraction of sp³-hybridized carbons (Fsp3) is 0.190. The molecule has 0 aliphatic carbocycles. The van der Waals surface area contributed by atoms with E-state index in [2.05, 4.69) is 10.3 Å². The lowest BCUT2D eigenvalue weighted by Gasteiger charge is -2.22. The minimum Gasteiger partial charge on any atom is -0.344 e. The summed E-state index contributed by atoms with van der Waals surface area (Å²) in [5, 5.41) is 4.77. The maximum atomic E-state index is 12.3. The Morgan fingerprint density at radius 2 is 1.86 bits per heavy atom. The molecule has 0 fully saturated rings. The fourth-order valence-electron chi connectivity index (χ4n) is 2.72. The van der Waals surface area contributed by atoms with Gasteiger partial charge in [-0.25, -0.2) is 0 Å². The number of likely N-dealkylation sites (N-methyl/N-ethyl adjacent to an activating group) is 1. The first-order chi connectivity index (χ1) is 13.5. The third kappa shape index (κ3) is 5.25. The van der Waals surface area contributed by atoms with Crippen LogP contribution < -0.4 is 11.1 Å². The van der Waals surface area contributed by atoms with Crippen molar-refractivity contribution in [3.63, 3.8) is 0 Å². The molecule has 7 heteroatoms. The van der Waals surface area contributed by atoms with Crippen molar-refractivity contribution in [3.05, 3.63) is 82.3 Å². The van der Waals surface area contributed by atoms with Gasteiger partial charge in [0.15, 0.2) is 0 Å². The van der Waals surface area contributed by atoms with Gasteiger partial charge in [-0.15, -0.1) is 11.3 Å². The molecule has 3 aromatic rings. The predicted molar refractivity (Wildman–Crippen MR) is 111 cm³/mol. The zero-order chi connectivity index (χ0) is 19.9. The molecule has 6 nitrogen and oxygen atoms in total. The topological polar surface area (TPSA) is 88.3 Å². The molecule has 0 bridgehead atoms. The van der Waals surface area contributed by atoms with Crippen molar-refractivity contribution < 1.29 is 9.59 Å². The second-order valence-corrected chi connectivity index (χ2v) is 7.48. The van der Waals surface area contributed by atoms with Crippen LogP contribution in [0, 0.1) is 0 Å². The van der Waals surface area contributed by atoms with Crippen LogP contribution in [0.5, 0.6) is 0 Å². The first kappa shape index (κ1) is 19.7. The molecule has 28 heavy (non-hydrogen) atoms. The molecule has 0 aliphatic heterocycles. The summed E-state index contributed by atoms with van der Waals surface area (Å²) in [5.74, 6) is -0.166. The van der Waals surface area contributed by atoms with Crippen molar-refractivity contribution in [1.82, 2.24) is 9.88 Å². The number of benzene rings is 1. The van der Waals surface area contributed by atoms with Crippen LogP contribution in [0.2, 0.25) is 0 Å². The summed E-state index contributed by atoms with van der Waals surface area (Å²) in [6, 6.07) is 14.1. The molecule has 1 aromatic carbocycles. The smallest absolute Gasteiger partial charge is 0.255 e. The van der Waals surface area contributed by atoms with E-state index >= 15 is 0 Å². The van der Waals surface area contributed by atoms with Crippen LogP contribution in [-0.2, 0) is 11.2 Å². The Bertz CT molecular complexity index is 911. The van der Waals surface area contributed by atoms with Crippen molar-refractivity contribution in [3.8, 4) is 0 Å². The highest BCUT2D eigenvalue weighted by molar-refractivity contribution is 7.10. The second kappa shape index (κ2) is 9.25. The number of carbonyl (C=O) groups excluding carboxylic acids is 2. The minimum absolute atomic E-state index is 0.0336. The molecule has 3 rings (SSSR count). The zero-order valence-electron chi connectivity index (χ0n) is 15.5. The predicted octanol–water partition coefficient (Wildman–Crippen LogP) is 3.10. The first-order valence-electron chi connectivity index (χ1n) is 8.86. The Balaban J connectivity index is 1.56. The number of nitrogens with two attached hydrogens (primary N) is 1. The highest BCUT2D eigenvalue weighted by Crippen LogP contribution is 2.16. The summed E-state index contributed by atoms with van der Waals surface area (Å²) in [6.45, 7) is 0.409.